The topological polar surface area (TPSA) is 66.6 Å². The van der Waals surface area contributed by atoms with Crippen LogP contribution in [-0.4, -0.2) is 17.7 Å². The molecule has 18 heavy (non-hydrogen) atoms. The molecule has 7 heteroatoms. The van der Waals surface area contributed by atoms with Gasteiger partial charge in [-0.1, -0.05) is 0 Å². The second kappa shape index (κ2) is 4.75. The van der Waals surface area contributed by atoms with E-state index >= 15 is 0 Å². The summed E-state index contributed by atoms with van der Waals surface area (Å²) in [6.45, 7) is 2.94. The lowest BCUT2D eigenvalue weighted by atomic mass is 10.1. The zero-order valence-electron chi connectivity index (χ0n) is 9.88. The van der Waals surface area contributed by atoms with Crippen LogP contribution in [0.3, 0.4) is 0 Å². The molecule has 0 saturated carbocycles. The Bertz CT molecular complexity index is 472. The van der Waals surface area contributed by atoms with Gasteiger partial charge in [0.15, 0.2) is 0 Å². The maximum Gasteiger partial charge on any atom is 0.416 e. The molecule has 1 amide bonds. The molecule has 4 nitrogen and oxygen atoms in total. The number of carboxylic acid groups (broad SMARTS) is 1. The molecule has 1 aromatic carbocycles. The number of benzene rings is 1. The summed E-state index contributed by atoms with van der Waals surface area (Å²) in [5, 5.41) is 8.92. The van der Waals surface area contributed by atoms with Gasteiger partial charge in [-0.15, -0.1) is 0 Å². The molecule has 0 unspecified atom stereocenters. The molecule has 0 heterocycles. The molecule has 0 aromatic heterocycles. The van der Waals surface area contributed by atoms with Crippen LogP contribution in [0.1, 0.15) is 18.1 Å². The van der Waals surface area contributed by atoms with Crippen LogP contribution in [0.15, 0.2) is 12.1 Å². The molecule has 3 N–H and O–H groups in total. The van der Waals surface area contributed by atoms with E-state index in [1.807, 2.05) is 0 Å². The van der Waals surface area contributed by atoms with Crippen molar-refractivity contribution in [3.63, 3.8) is 0 Å². The summed E-state index contributed by atoms with van der Waals surface area (Å²) >= 11 is 0. The molecule has 0 bridgehead atoms. The summed E-state index contributed by atoms with van der Waals surface area (Å²) in [5.74, 6) is 0. The fourth-order valence-corrected chi connectivity index (χ4v) is 1.58. The number of nitrogens with two attached hydrogens (primary N) is 1. The highest BCUT2D eigenvalue weighted by Crippen LogP contribution is 2.36. The van der Waals surface area contributed by atoms with Crippen molar-refractivity contribution in [3.05, 3.63) is 23.3 Å². The van der Waals surface area contributed by atoms with Crippen LogP contribution in [0.2, 0.25) is 0 Å². The molecular weight excluding hydrogens is 249 g/mol. The standard InChI is InChI=1S/C11H13F3N2O2/c1-3-16(10(17)18)8-5-7(11(12,13)14)4-6(2)9(8)15/h4-5H,3,15H2,1-2H3,(H,17,18). The zero-order chi connectivity index (χ0) is 14.1. The predicted molar refractivity (Wildman–Crippen MR) is 61.6 cm³/mol. The first-order valence-corrected chi connectivity index (χ1v) is 5.16. The van der Waals surface area contributed by atoms with Crippen LogP contribution in [0.5, 0.6) is 0 Å². The molecular formula is C11H13F3N2O2. The zero-order valence-corrected chi connectivity index (χ0v) is 9.88. The van der Waals surface area contributed by atoms with E-state index in [4.69, 9.17) is 10.8 Å². The Kier molecular flexibility index (Phi) is 3.73. The van der Waals surface area contributed by atoms with Gasteiger partial charge in [0.2, 0.25) is 0 Å². The molecule has 0 aliphatic heterocycles. The van der Waals surface area contributed by atoms with Crippen LogP contribution in [0.4, 0.5) is 29.3 Å². The van der Waals surface area contributed by atoms with Crippen molar-refractivity contribution in [1.29, 1.82) is 0 Å². The summed E-state index contributed by atoms with van der Waals surface area (Å²) < 4.78 is 37.9. The molecule has 0 saturated heterocycles. The summed E-state index contributed by atoms with van der Waals surface area (Å²) in [4.78, 5) is 11.7. The van der Waals surface area contributed by atoms with Gasteiger partial charge in [0.1, 0.15) is 0 Å². The molecule has 0 atom stereocenters. The number of hydrogen-bond acceptors (Lipinski definition) is 2. The van der Waals surface area contributed by atoms with E-state index < -0.39 is 17.8 Å². The van der Waals surface area contributed by atoms with Gasteiger partial charge in [-0.2, -0.15) is 13.2 Å². The minimum Gasteiger partial charge on any atom is -0.465 e. The van der Waals surface area contributed by atoms with Crippen molar-refractivity contribution in [3.8, 4) is 0 Å². The quantitative estimate of drug-likeness (QED) is 0.805. The third-order valence-corrected chi connectivity index (χ3v) is 2.53. The molecule has 1 rings (SSSR count). The molecule has 0 aliphatic rings. The van der Waals surface area contributed by atoms with E-state index in [2.05, 4.69) is 0 Å². The highest BCUT2D eigenvalue weighted by Gasteiger charge is 2.32. The summed E-state index contributed by atoms with van der Waals surface area (Å²) in [6.07, 6.45) is -5.88. The van der Waals surface area contributed by atoms with E-state index in [0.717, 1.165) is 17.0 Å². The largest absolute Gasteiger partial charge is 0.465 e. The summed E-state index contributed by atoms with van der Waals surface area (Å²) in [7, 11) is 0. The number of halogens is 3. The normalized spacial score (nSPS) is 11.4. The van der Waals surface area contributed by atoms with Gasteiger partial charge in [0.05, 0.1) is 16.9 Å². The molecule has 100 valence electrons. The van der Waals surface area contributed by atoms with Gasteiger partial charge in [-0.05, 0) is 31.5 Å². The van der Waals surface area contributed by atoms with Crippen LogP contribution in [0.25, 0.3) is 0 Å². The Labute approximate surface area is 102 Å². The Morgan fingerprint density at radius 1 is 1.44 bits per heavy atom. The van der Waals surface area contributed by atoms with Crippen molar-refractivity contribution < 1.29 is 23.1 Å². The van der Waals surface area contributed by atoms with Crippen LogP contribution in [0, 0.1) is 6.92 Å². The van der Waals surface area contributed by atoms with Crippen molar-refractivity contribution >= 4 is 17.5 Å². The molecule has 1 aromatic rings. The monoisotopic (exact) mass is 262 g/mol. The highest BCUT2D eigenvalue weighted by atomic mass is 19.4. The first kappa shape index (κ1) is 14.1. The van der Waals surface area contributed by atoms with Crippen molar-refractivity contribution in [2.75, 3.05) is 17.2 Å². The average Bonchev–Trinajstić information content (AvgIpc) is 2.22. The van der Waals surface area contributed by atoms with E-state index in [9.17, 15) is 18.0 Å². The van der Waals surface area contributed by atoms with Gasteiger partial charge in [-0.25, -0.2) is 4.79 Å². The fourth-order valence-electron chi connectivity index (χ4n) is 1.58. The van der Waals surface area contributed by atoms with Crippen LogP contribution >= 0.6 is 0 Å². The second-order valence-corrected chi connectivity index (χ2v) is 3.75. The number of nitrogen functional groups attached to an aromatic ring is 1. The van der Waals surface area contributed by atoms with Gasteiger partial charge < -0.3 is 10.8 Å². The Hall–Kier alpha value is -1.92. The second-order valence-electron chi connectivity index (χ2n) is 3.75. The minimum atomic E-state index is -4.54. The van der Waals surface area contributed by atoms with Crippen LogP contribution < -0.4 is 10.6 Å². The van der Waals surface area contributed by atoms with Crippen molar-refractivity contribution in [1.82, 2.24) is 0 Å². The maximum atomic E-state index is 12.6. The maximum absolute atomic E-state index is 12.6. The number of nitrogens with zero attached hydrogens (tertiary/aromatic N) is 1. The van der Waals surface area contributed by atoms with E-state index in [1.54, 1.807) is 0 Å². The Morgan fingerprint density at radius 2 is 2.00 bits per heavy atom. The van der Waals surface area contributed by atoms with Gasteiger partial charge in [-0.3, -0.25) is 4.90 Å². The minimum absolute atomic E-state index is 0.0142. The third kappa shape index (κ3) is 2.66. The van der Waals surface area contributed by atoms with Crippen molar-refractivity contribution in [2.45, 2.75) is 20.0 Å². The predicted octanol–water partition coefficient (Wildman–Crippen LogP) is 3.10. The number of carbonyl (C=O) groups is 1. The fraction of sp³-hybridized carbons (Fsp3) is 0.364. The number of hydrogen-bond donors (Lipinski definition) is 2. The summed E-state index contributed by atoms with van der Waals surface area (Å²) in [5.41, 5.74) is 4.81. The highest BCUT2D eigenvalue weighted by molar-refractivity contribution is 5.91. The lowest BCUT2D eigenvalue weighted by molar-refractivity contribution is -0.137. The molecule has 0 spiro atoms. The van der Waals surface area contributed by atoms with Gasteiger partial charge >= 0.3 is 12.3 Å². The molecule has 0 radical (unpaired) electrons. The number of anilines is 2. The van der Waals surface area contributed by atoms with Gasteiger partial charge in [0.25, 0.3) is 0 Å². The van der Waals surface area contributed by atoms with Gasteiger partial charge in [0, 0.05) is 6.54 Å². The Morgan fingerprint density at radius 3 is 2.39 bits per heavy atom. The van der Waals surface area contributed by atoms with Crippen molar-refractivity contribution in [2.24, 2.45) is 0 Å². The SMILES string of the molecule is CCN(C(=O)O)c1cc(C(F)(F)F)cc(C)c1N. The lowest BCUT2D eigenvalue weighted by Crippen LogP contribution is -2.30. The van der Waals surface area contributed by atoms with Crippen LogP contribution in [-0.2, 0) is 6.18 Å². The number of rotatable bonds is 2. The number of amides is 1. The first-order chi connectivity index (χ1) is 8.18. The smallest absolute Gasteiger partial charge is 0.416 e. The summed E-state index contributed by atoms with van der Waals surface area (Å²) in [6, 6.07) is 1.65. The van der Waals surface area contributed by atoms with E-state index in [0.29, 0.717) is 0 Å². The van der Waals surface area contributed by atoms with E-state index in [-0.39, 0.29) is 23.5 Å². The van der Waals surface area contributed by atoms with E-state index in [1.165, 1.54) is 13.8 Å². The molecule has 0 aliphatic carbocycles. The number of aryl methyl sites for hydroxylation is 1. The number of alkyl halides is 3. The lowest BCUT2D eigenvalue weighted by Gasteiger charge is -2.22. The Balaban J connectivity index is 3.43. The first-order valence-electron chi connectivity index (χ1n) is 5.16. The molecule has 0 fully saturated rings. The average molecular weight is 262 g/mol. The third-order valence-electron chi connectivity index (χ3n) is 2.53.